The fourth-order valence-corrected chi connectivity index (χ4v) is 23.1. The van der Waals surface area contributed by atoms with E-state index in [9.17, 15) is 0 Å². The zero-order valence-electron chi connectivity index (χ0n) is 30.1. The first-order chi connectivity index (χ1) is 23.0. The largest absolute Gasteiger partial charge is 0.567 e. The van der Waals surface area contributed by atoms with Gasteiger partial charge in [-0.25, -0.2) is 0 Å². The van der Waals surface area contributed by atoms with E-state index in [1.54, 1.807) is 0 Å². The molecule has 7 rings (SSSR count). The minimum Gasteiger partial charge on any atom is -0.504 e. The Labute approximate surface area is 293 Å². The Bertz CT molecular complexity index is 1520. The third-order valence-electron chi connectivity index (χ3n) is 11.8. The first kappa shape index (κ1) is 34.9. The van der Waals surface area contributed by atoms with Crippen molar-refractivity contribution in [2.75, 3.05) is 6.16 Å². The Hall–Kier alpha value is -1.56. The van der Waals surface area contributed by atoms with Crippen molar-refractivity contribution in [2.24, 2.45) is 0 Å². The first-order valence-electron chi connectivity index (χ1n) is 18.4. The van der Waals surface area contributed by atoms with Gasteiger partial charge >= 0.3 is 17.6 Å². The third-order valence-corrected chi connectivity index (χ3v) is 24.8. The number of rotatable bonds is 8. The summed E-state index contributed by atoms with van der Waals surface area (Å²) in [5.41, 5.74) is 1.08. The molecule has 7 unspecified atom stereocenters. The van der Waals surface area contributed by atoms with Gasteiger partial charge in [0.2, 0.25) is 0 Å². The quantitative estimate of drug-likeness (QED) is 0.200. The van der Waals surface area contributed by atoms with E-state index in [0.717, 1.165) is 60.4 Å². The monoisotopic (exact) mass is 722 g/mol. The lowest BCUT2D eigenvalue weighted by Gasteiger charge is -2.40. The van der Waals surface area contributed by atoms with Crippen LogP contribution in [0.5, 0.6) is 0 Å². The summed E-state index contributed by atoms with van der Waals surface area (Å²) in [6.07, 6.45) is 6.03. The second-order valence-corrected chi connectivity index (χ2v) is 27.9. The van der Waals surface area contributed by atoms with Gasteiger partial charge in [-0.05, 0) is 70.0 Å². The number of fused-ring (bicyclic) bond motifs is 6. The minimum absolute atomic E-state index is 0.128. The lowest BCUT2D eigenvalue weighted by atomic mass is 9.84. The molecule has 6 nitrogen and oxygen atoms in total. The van der Waals surface area contributed by atoms with Crippen LogP contribution in [0.1, 0.15) is 73.6 Å². The molecule has 5 aliphatic heterocycles. The molecule has 2 aromatic carbocycles. The highest BCUT2D eigenvalue weighted by Crippen LogP contribution is 2.56. The maximum Gasteiger partial charge on any atom is 0.567 e. The van der Waals surface area contributed by atoms with Gasteiger partial charge in [-0.15, -0.1) is 0 Å². The molecular formula is C38H55O6PSi3. The Kier molecular flexibility index (Phi) is 9.59. The smallest absolute Gasteiger partial charge is 0.504 e. The van der Waals surface area contributed by atoms with Crippen molar-refractivity contribution in [3.05, 3.63) is 83.3 Å². The van der Waals surface area contributed by atoms with Crippen molar-refractivity contribution >= 4 is 44.2 Å². The van der Waals surface area contributed by atoms with Crippen LogP contribution in [0, 0.1) is 0 Å². The number of allylic oxidation sites excluding steroid dienone is 1. The summed E-state index contributed by atoms with van der Waals surface area (Å²) in [4.78, 5) is 0. The van der Waals surface area contributed by atoms with E-state index in [1.807, 2.05) is 0 Å². The number of hydrogen-bond donors (Lipinski definition) is 0. The van der Waals surface area contributed by atoms with Gasteiger partial charge in [-0.2, -0.15) is 0 Å². The van der Waals surface area contributed by atoms with Crippen LogP contribution in [0.3, 0.4) is 0 Å². The van der Waals surface area contributed by atoms with Crippen LogP contribution in [-0.2, 0) is 26.6 Å². The molecule has 5 heterocycles. The van der Waals surface area contributed by atoms with Gasteiger partial charge < -0.3 is 26.6 Å². The Morgan fingerprint density at radius 2 is 1.33 bits per heavy atom. The van der Waals surface area contributed by atoms with Crippen molar-refractivity contribution in [3.8, 4) is 0 Å². The highest BCUT2D eigenvalue weighted by Gasteiger charge is 2.71. The van der Waals surface area contributed by atoms with Gasteiger partial charge in [0.15, 0.2) is 0 Å². The molecule has 0 aromatic heterocycles. The van der Waals surface area contributed by atoms with Crippen molar-refractivity contribution in [2.45, 2.75) is 134 Å². The van der Waals surface area contributed by atoms with E-state index in [2.05, 4.69) is 109 Å². The van der Waals surface area contributed by atoms with Crippen LogP contribution >= 0.6 is 7.92 Å². The lowest BCUT2D eigenvalue weighted by molar-refractivity contribution is 0.0311. The molecule has 48 heavy (non-hydrogen) atoms. The van der Waals surface area contributed by atoms with Crippen molar-refractivity contribution in [1.82, 2.24) is 0 Å². The summed E-state index contributed by atoms with van der Waals surface area (Å²) in [5, 5.41) is 2.96. The fourth-order valence-electron chi connectivity index (χ4n) is 9.05. The Morgan fingerprint density at radius 3 is 1.92 bits per heavy atom. The molecule has 6 bridgehead atoms. The molecule has 0 N–H and O–H groups in total. The fraction of sp³-hybridized carbons (Fsp3) is 0.579. The summed E-state index contributed by atoms with van der Waals surface area (Å²) < 4.78 is 42.2. The molecule has 0 aliphatic carbocycles. The highest BCUT2D eigenvalue weighted by molar-refractivity contribution is 7.73. The average Bonchev–Trinajstić information content (AvgIpc) is 3.50. The maximum absolute atomic E-state index is 7.23. The van der Waals surface area contributed by atoms with Gasteiger partial charge in [0.05, 0.1) is 19.4 Å². The molecular weight excluding hydrogens is 668 g/mol. The minimum atomic E-state index is -3.01. The summed E-state index contributed by atoms with van der Waals surface area (Å²) in [6.45, 7) is 15.8. The van der Waals surface area contributed by atoms with E-state index in [0.29, 0.717) is 0 Å². The third kappa shape index (κ3) is 6.19. The molecule has 0 radical (unpaired) electrons. The van der Waals surface area contributed by atoms with Crippen molar-refractivity contribution in [3.63, 3.8) is 0 Å². The van der Waals surface area contributed by atoms with Crippen LogP contribution in [-0.4, -0.2) is 55.3 Å². The highest BCUT2D eigenvalue weighted by atomic mass is 31.1. The summed E-state index contributed by atoms with van der Waals surface area (Å²) in [7, 11) is -8.05. The second-order valence-electron chi connectivity index (χ2n) is 15.5. The molecule has 0 saturated carbocycles. The maximum atomic E-state index is 7.23. The Balaban J connectivity index is 1.18. The molecule has 10 heteroatoms. The topological polar surface area (TPSA) is 55.4 Å². The molecule has 5 aliphatic rings. The van der Waals surface area contributed by atoms with Crippen LogP contribution in [0.2, 0.25) is 36.8 Å². The zero-order chi connectivity index (χ0) is 33.8. The van der Waals surface area contributed by atoms with E-state index < -0.39 is 36.9 Å². The van der Waals surface area contributed by atoms with E-state index in [-0.39, 0.29) is 20.1 Å². The molecule has 260 valence electrons. The normalized spacial score (nSPS) is 37.8. The van der Waals surface area contributed by atoms with Gasteiger partial charge in [0.1, 0.15) is 23.6 Å². The SMILES string of the molecule is CCC1=C(C)C2O[Si]3(CCC[Si](C)(CCCP(c4ccccc4)c4ccccc4)CCC[Si]45OC(=C(C)C(O4)C(C)(CC)O5)C2(C)O3)O1. The lowest BCUT2D eigenvalue weighted by Crippen LogP contribution is -2.51. The van der Waals surface area contributed by atoms with Crippen molar-refractivity contribution in [1.29, 1.82) is 0 Å². The van der Waals surface area contributed by atoms with Crippen LogP contribution in [0.15, 0.2) is 83.3 Å². The molecule has 3 fully saturated rings. The predicted octanol–water partition coefficient (Wildman–Crippen LogP) is 9.04. The van der Waals surface area contributed by atoms with Crippen molar-refractivity contribution < 1.29 is 26.6 Å². The number of benzene rings is 2. The van der Waals surface area contributed by atoms with Gasteiger partial charge in [-0.3, -0.25) is 0 Å². The molecule has 2 aromatic rings. The van der Waals surface area contributed by atoms with Gasteiger partial charge in [0, 0.05) is 18.5 Å². The van der Waals surface area contributed by atoms with Gasteiger partial charge in [0.25, 0.3) is 0 Å². The molecule has 7 atom stereocenters. The summed E-state index contributed by atoms with van der Waals surface area (Å²) in [6, 6.07) is 27.9. The zero-order valence-corrected chi connectivity index (χ0v) is 34.0. The van der Waals surface area contributed by atoms with E-state index in [1.165, 1.54) is 41.3 Å². The summed E-state index contributed by atoms with van der Waals surface area (Å²) in [5.74, 6) is 1.95. The standard InChI is InChI=1S/C38H55O6PSi3/c1-8-33-29(3)35-38(6)36-30(4)34-37(5,9-2)43-48(40-34,42-36)28-18-26-46(7,25-17-27-47(39-33,41-35)44-38)24-16-23-45(31-19-12-10-13-20-31)32-21-14-11-15-22-32/h10-15,19-22,34-35H,8-9,16-18,23-28H2,1-7H3. The van der Waals surface area contributed by atoms with E-state index in [4.69, 9.17) is 26.6 Å². The first-order valence-corrected chi connectivity index (χ1v) is 26.9. The summed E-state index contributed by atoms with van der Waals surface area (Å²) >= 11 is 0. The average molecular weight is 723 g/mol. The predicted molar refractivity (Wildman–Crippen MR) is 202 cm³/mol. The second kappa shape index (κ2) is 13.2. The molecule has 2 spiro atoms. The van der Waals surface area contributed by atoms with E-state index >= 15 is 0 Å². The number of hydrogen-bond acceptors (Lipinski definition) is 6. The molecule has 0 amide bonds. The van der Waals surface area contributed by atoms with Crippen LogP contribution in [0.25, 0.3) is 0 Å². The van der Waals surface area contributed by atoms with Crippen LogP contribution < -0.4 is 10.6 Å². The van der Waals surface area contributed by atoms with Crippen LogP contribution in [0.4, 0.5) is 0 Å². The molecule has 3 saturated heterocycles. The van der Waals surface area contributed by atoms with Gasteiger partial charge in [-0.1, -0.05) is 118 Å². The Morgan fingerprint density at radius 1 is 0.750 bits per heavy atom.